The normalized spacial score (nSPS) is 14.3. The smallest absolute Gasteiger partial charge is 0.329 e. The maximum absolute atomic E-state index is 12.7. The highest BCUT2D eigenvalue weighted by molar-refractivity contribution is 5.78. The molecule has 0 bridgehead atoms. The zero-order chi connectivity index (χ0) is 19.2. The van der Waals surface area contributed by atoms with Crippen LogP contribution in [0.25, 0.3) is 11.0 Å². The fourth-order valence-corrected chi connectivity index (χ4v) is 3.67. The van der Waals surface area contributed by atoms with Gasteiger partial charge in [0.05, 0.1) is 11.0 Å². The molecule has 27 heavy (non-hydrogen) atoms. The summed E-state index contributed by atoms with van der Waals surface area (Å²) in [6, 6.07) is 7.71. The Kier molecular flexibility index (Phi) is 6.32. The third-order valence-electron chi connectivity index (χ3n) is 5.03. The van der Waals surface area contributed by atoms with E-state index >= 15 is 0 Å². The number of fused-ring (bicyclic) bond motifs is 1. The van der Waals surface area contributed by atoms with Gasteiger partial charge >= 0.3 is 5.69 Å². The van der Waals surface area contributed by atoms with Crippen molar-refractivity contribution in [2.45, 2.75) is 52.1 Å². The number of amides is 2. The number of benzene rings is 1. The standard InChI is InChI=1S/C20H28N4O3/c1-2-12-23-16-7-3-4-8-17(16)24(20(23)27)15-10-18(25)21-11-6-14-22-13-5-9-19(22)26/h3-4,7-8H,2,5-6,9-15H2,1H3,(H,21,25). The first kappa shape index (κ1) is 19.2. The van der Waals surface area contributed by atoms with Crippen molar-refractivity contribution in [1.29, 1.82) is 0 Å². The summed E-state index contributed by atoms with van der Waals surface area (Å²) < 4.78 is 3.47. The van der Waals surface area contributed by atoms with Crippen molar-refractivity contribution in [2.75, 3.05) is 19.6 Å². The van der Waals surface area contributed by atoms with Gasteiger partial charge in [0.15, 0.2) is 0 Å². The molecule has 1 fully saturated rings. The van der Waals surface area contributed by atoms with E-state index in [-0.39, 0.29) is 23.9 Å². The van der Waals surface area contributed by atoms with E-state index in [0.717, 1.165) is 36.8 Å². The number of carbonyl (C=O) groups excluding carboxylic acids is 2. The molecule has 1 aromatic heterocycles. The number of aromatic nitrogens is 2. The minimum atomic E-state index is -0.0676. The number of para-hydroxylation sites is 2. The second kappa shape index (κ2) is 8.88. The molecule has 146 valence electrons. The van der Waals surface area contributed by atoms with Crippen LogP contribution in [-0.4, -0.2) is 45.5 Å². The zero-order valence-electron chi connectivity index (χ0n) is 15.9. The Bertz CT molecular complexity index is 868. The van der Waals surface area contributed by atoms with E-state index in [4.69, 9.17) is 0 Å². The first-order chi connectivity index (χ1) is 13.1. The van der Waals surface area contributed by atoms with Crippen molar-refractivity contribution in [3.05, 3.63) is 34.7 Å². The second-order valence-electron chi connectivity index (χ2n) is 7.01. The van der Waals surface area contributed by atoms with Gasteiger partial charge in [-0.2, -0.15) is 0 Å². The lowest BCUT2D eigenvalue weighted by atomic mass is 10.3. The molecule has 1 aliphatic rings. The van der Waals surface area contributed by atoms with Gasteiger partial charge in [-0.3, -0.25) is 18.7 Å². The lowest BCUT2D eigenvalue weighted by Crippen LogP contribution is -2.32. The van der Waals surface area contributed by atoms with Crippen molar-refractivity contribution in [3.8, 4) is 0 Å². The summed E-state index contributed by atoms with van der Waals surface area (Å²) in [4.78, 5) is 38.2. The van der Waals surface area contributed by atoms with Crippen LogP contribution in [0.3, 0.4) is 0 Å². The number of imidazole rings is 1. The number of rotatable bonds is 9. The van der Waals surface area contributed by atoms with Gasteiger partial charge in [-0.25, -0.2) is 4.79 Å². The van der Waals surface area contributed by atoms with Gasteiger partial charge in [-0.05, 0) is 31.4 Å². The molecule has 1 saturated heterocycles. The lowest BCUT2D eigenvalue weighted by molar-refractivity contribution is -0.127. The van der Waals surface area contributed by atoms with Crippen LogP contribution in [0.15, 0.2) is 29.1 Å². The van der Waals surface area contributed by atoms with E-state index in [2.05, 4.69) is 5.32 Å². The van der Waals surface area contributed by atoms with Crippen molar-refractivity contribution < 1.29 is 9.59 Å². The molecule has 0 unspecified atom stereocenters. The molecular formula is C20H28N4O3. The molecule has 0 aliphatic carbocycles. The maximum atomic E-state index is 12.7. The molecule has 3 rings (SSSR count). The second-order valence-corrected chi connectivity index (χ2v) is 7.01. The van der Waals surface area contributed by atoms with Crippen molar-refractivity contribution in [1.82, 2.24) is 19.4 Å². The summed E-state index contributed by atoms with van der Waals surface area (Å²) in [6.07, 6.45) is 3.49. The summed E-state index contributed by atoms with van der Waals surface area (Å²) >= 11 is 0. The van der Waals surface area contributed by atoms with Crippen molar-refractivity contribution in [3.63, 3.8) is 0 Å². The van der Waals surface area contributed by atoms with Gasteiger partial charge in [-0.15, -0.1) is 0 Å². The molecule has 0 atom stereocenters. The Morgan fingerprint density at radius 2 is 1.78 bits per heavy atom. The third kappa shape index (κ3) is 4.40. The van der Waals surface area contributed by atoms with Gasteiger partial charge in [0, 0.05) is 45.6 Å². The van der Waals surface area contributed by atoms with Crippen LogP contribution >= 0.6 is 0 Å². The highest BCUT2D eigenvalue weighted by atomic mass is 16.2. The quantitative estimate of drug-likeness (QED) is 0.681. The van der Waals surface area contributed by atoms with Crippen LogP contribution in [0.5, 0.6) is 0 Å². The zero-order valence-corrected chi connectivity index (χ0v) is 15.9. The van der Waals surface area contributed by atoms with Crippen LogP contribution in [0, 0.1) is 0 Å². The molecule has 1 N–H and O–H groups in total. The predicted octanol–water partition coefficient (Wildman–Crippen LogP) is 1.73. The number of nitrogens with zero attached hydrogens (tertiary/aromatic N) is 3. The molecule has 0 radical (unpaired) electrons. The summed E-state index contributed by atoms with van der Waals surface area (Å²) in [6.45, 7) is 5.16. The molecular weight excluding hydrogens is 344 g/mol. The lowest BCUT2D eigenvalue weighted by Gasteiger charge is -2.15. The molecule has 0 saturated carbocycles. The molecule has 0 spiro atoms. The average molecular weight is 372 g/mol. The largest absolute Gasteiger partial charge is 0.356 e. The Balaban J connectivity index is 1.52. The predicted molar refractivity (Wildman–Crippen MR) is 105 cm³/mol. The number of likely N-dealkylation sites (tertiary alicyclic amines) is 1. The summed E-state index contributed by atoms with van der Waals surface area (Å²) in [5.41, 5.74) is 1.73. The fraction of sp³-hybridized carbons (Fsp3) is 0.550. The minimum absolute atomic E-state index is 0.0570. The fourth-order valence-electron chi connectivity index (χ4n) is 3.67. The number of carbonyl (C=O) groups is 2. The van der Waals surface area contributed by atoms with Crippen molar-refractivity contribution in [2.24, 2.45) is 0 Å². The summed E-state index contributed by atoms with van der Waals surface area (Å²) in [5, 5.41) is 2.89. The van der Waals surface area contributed by atoms with Crippen LogP contribution in [-0.2, 0) is 22.7 Å². The van der Waals surface area contributed by atoms with E-state index in [9.17, 15) is 14.4 Å². The van der Waals surface area contributed by atoms with Gasteiger partial charge < -0.3 is 10.2 Å². The van der Waals surface area contributed by atoms with Crippen LogP contribution in [0.1, 0.15) is 39.0 Å². The minimum Gasteiger partial charge on any atom is -0.356 e. The van der Waals surface area contributed by atoms with Crippen molar-refractivity contribution >= 4 is 22.8 Å². The van der Waals surface area contributed by atoms with Gasteiger partial charge in [0.1, 0.15) is 0 Å². The first-order valence-corrected chi connectivity index (χ1v) is 9.84. The molecule has 1 aliphatic heterocycles. The summed E-state index contributed by atoms with van der Waals surface area (Å²) in [7, 11) is 0. The Labute approximate surface area is 158 Å². The van der Waals surface area contributed by atoms with E-state index in [1.807, 2.05) is 36.1 Å². The van der Waals surface area contributed by atoms with Gasteiger partial charge in [0.25, 0.3) is 0 Å². The molecule has 7 heteroatoms. The van der Waals surface area contributed by atoms with Gasteiger partial charge in [0.2, 0.25) is 11.8 Å². The molecule has 2 amide bonds. The topological polar surface area (TPSA) is 76.3 Å². The number of aryl methyl sites for hydroxylation is 2. The molecule has 2 aromatic rings. The first-order valence-electron chi connectivity index (χ1n) is 9.84. The Morgan fingerprint density at radius 3 is 2.41 bits per heavy atom. The highest BCUT2D eigenvalue weighted by Gasteiger charge is 2.19. The number of hydrogen-bond donors (Lipinski definition) is 1. The van der Waals surface area contributed by atoms with E-state index in [1.165, 1.54) is 0 Å². The Hall–Kier alpha value is -2.57. The molecule has 1 aromatic carbocycles. The SMILES string of the molecule is CCCn1c(=O)n(CCC(=O)NCCCN2CCCC2=O)c2ccccc21. The molecule has 7 nitrogen and oxygen atoms in total. The monoisotopic (exact) mass is 372 g/mol. The third-order valence-corrected chi connectivity index (χ3v) is 5.03. The van der Waals surface area contributed by atoms with E-state index in [1.54, 1.807) is 9.13 Å². The van der Waals surface area contributed by atoms with E-state index < -0.39 is 0 Å². The average Bonchev–Trinajstić information content (AvgIpc) is 3.19. The van der Waals surface area contributed by atoms with Crippen LogP contribution < -0.4 is 11.0 Å². The van der Waals surface area contributed by atoms with Crippen LogP contribution in [0.4, 0.5) is 0 Å². The number of hydrogen-bond acceptors (Lipinski definition) is 3. The van der Waals surface area contributed by atoms with E-state index in [0.29, 0.717) is 32.6 Å². The number of nitrogens with one attached hydrogen (secondary N) is 1. The molecule has 2 heterocycles. The Morgan fingerprint density at radius 1 is 1.07 bits per heavy atom. The highest BCUT2D eigenvalue weighted by Crippen LogP contribution is 2.13. The summed E-state index contributed by atoms with van der Waals surface area (Å²) in [5.74, 6) is 0.145. The van der Waals surface area contributed by atoms with Gasteiger partial charge in [-0.1, -0.05) is 19.1 Å². The maximum Gasteiger partial charge on any atom is 0.329 e. The van der Waals surface area contributed by atoms with Crippen LogP contribution in [0.2, 0.25) is 0 Å².